The summed E-state index contributed by atoms with van der Waals surface area (Å²) in [5.41, 5.74) is -0.400. The van der Waals surface area contributed by atoms with Gasteiger partial charge in [-0.3, -0.25) is 0 Å². The lowest BCUT2D eigenvalue weighted by Crippen LogP contribution is -2.41. The van der Waals surface area contributed by atoms with E-state index < -0.39 is 24.1 Å². The van der Waals surface area contributed by atoms with E-state index in [-0.39, 0.29) is 12.1 Å². The van der Waals surface area contributed by atoms with Gasteiger partial charge in [-0.2, -0.15) is 0 Å². The lowest BCUT2D eigenvalue weighted by Gasteiger charge is -2.32. The maximum atomic E-state index is 14.2. The minimum atomic E-state index is -0.790. The van der Waals surface area contributed by atoms with Crippen molar-refractivity contribution in [3.8, 4) is 5.75 Å². The van der Waals surface area contributed by atoms with Crippen molar-refractivity contribution in [1.82, 2.24) is 0 Å². The molecule has 110 valence electrons. The number of ether oxygens (including phenoxy) is 1. The van der Waals surface area contributed by atoms with Crippen molar-refractivity contribution >= 4 is 12.6 Å². The summed E-state index contributed by atoms with van der Waals surface area (Å²) in [7, 11) is 0.682. The standard InChI is InChI=1S/C14H20BFO4/c1-13(2)14(3,4)20-15(19-13)10-7-12(18-5)9(8-17)6-11(10)16/h6-7,17H,8H2,1-5H3. The molecule has 1 heterocycles. The summed E-state index contributed by atoms with van der Waals surface area (Å²) in [5.74, 6) is -0.0630. The van der Waals surface area contributed by atoms with Gasteiger partial charge in [0.25, 0.3) is 0 Å². The molecule has 1 aliphatic heterocycles. The van der Waals surface area contributed by atoms with Crippen LogP contribution in [0.2, 0.25) is 0 Å². The second-order valence-electron chi connectivity index (χ2n) is 5.93. The van der Waals surface area contributed by atoms with Gasteiger partial charge in [-0.25, -0.2) is 4.39 Å². The summed E-state index contributed by atoms with van der Waals surface area (Å²) < 4.78 is 31.0. The third-order valence-corrected chi connectivity index (χ3v) is 4.08. The first-order chi connectivity index (χ1) is 9.21. The number of hydrogen-bond donors (Lipinski definition) is 1. The average molecular weight is 282 g/mol. The molecule has 0 amide bonds. The zero-order chi connectivity index (χ0) is 15.1. The lowest BCUT2D eigenvalue weighted by molar-refractivity contribution is 0.00578. The molecule has 1 N–H and O–H groups in total. The number of aliphatic hydroxyl groups excluding tert-OH is 1. The average Bonchev–Trinajstić information content (AvgIpc) is 2.57. The number of benzene rings is 1. The summed E-state index contributed by atoms with van der Waals surface area (Å²) in [5, 5.41) is 9.19. The molecule has 0 spiro atoms. The van der Waals surface area contributed by atoms with E-state index >= 15 is 0 Å². The molecule has 1 aromatic rings. The molecule has 0 aliphatic carbocycles. The fraction of sp³-hybridized carbons (Fsp3) is 0.571. The van der Waals surface area contributed by atoms with Gasteiger partial charge >= 0.3 is 7.12 Å². The molecule has 4 nitrogen and oxygen atoms in total. The summed E-state index contributed by atoms with van der Waals surface area (Å²) in [4.78, 5) is 0. The Hall–Kier alpha value is -1.11. The van der Waals surface area contributed by atoms with Crippen LogP contribution < -0.4 is 10.2 Å². The van der Waals surface area contributed by atoms with Crippen LogP contribution in [0.3, 0.4) is 0 Å². The van der Waals surface area contributed by atoms with E-state index in [1.807, 2.05) is 27.7 Å². The Labute approximate surface area is 119 Å². The number of hydrogen-bond acceptors (Lipinski definition) is 4. The fourth-order valence-corrected chi connectivity index (χ4v) is 2.07. The maximum absolute atomic E-state index is 14.2. The van der Waals surface area contributed by atoms with Crippen LogP contribution in [0.5, 0.6) is 5.75 Å². The van der Waals surface area contributed by atoms with Gasteiger partial charge in [0, 0.05) is 11.0 Å². The monoisotopic (exact) mass is 282 g/mol. The first-order valence-electron chi connectivity index (χ1n) is 6.54. The molecule has 1 aromatic carbocycles. The highest BCUT2D eigenvalue weighted by molar-refractivity contribution is 6.62. The van der Waals surface area contributed by atoms with Crippen molar-refractivity contribution in [2.24, 2.45) is 0 Å². The summed E-state index contributed by atoms with van der Waals surface area (Å²) in [6.45, 7) is 7.34. The van der Waals surface area contributed by atoms with Crippen molar-refractivity contribution < 1.29 is 23.5 Å². The third-order valence-electron chi connectivity index (χ3n) is 4.08. The highest BCUT2D eigenvalue weighted by atomic mass is 19.1. The minimum Gasteiger partial charge on any atom is -0.496 e. The molecular formula is C14H20BFO4. The van der Waals surface area contributed by atoms with Crippen LogP contribution in [-0.4, -0.2) is 30.5 Å². The predicted octanol–water partition coefficient (Wildman–Crippen LogP) is 1.63. The van der Waals surface area contributed by atoms with Crippen LogP contribution in [0.4, 0.5) is 4.39 Å². The topological polar surface area (TPSA) is 47.9 Å². The van der Waals surface area contributed by atoms with Gasteiger partial charge in [-0.05, 0) is 39.8 Å². The number of halogens is 1. The normalized spacial score (nSPS) is 20.2. The van der Waals surface area contributed by atoms with Crippen molar-refractivity contribution in [2.75, 3.05) is 7.11 Å². The van der Waals surface area contributed by atoms with E-state index in [0.717, 1.165) is 0 Å². The Balaban J connectivity index is 2.40. The molecule has 1 saturated heterocycles. The van der Waals surface area contributed by atoms with Gasteiger partial charge in [0.1, 0.15) is 11.6 Å². The van der Waals surface area contributed by atoms with E-state index in [1.54, 1.807) is 0 Å². The summed E-state index contributed by atoms with van der Waals surface area (Å²) in [6, 6.07) is 2.77. The molecule has 1 aliphatic rings. The zero-order valence-corrected chi connectivity index (χ0v) is 12.5. The minimum absolute atomic E-state index is 0.276. The van der Waals surface area contributed by atoms with Gasteiger partial charge in [0.2, 0.25) is 0 Å². The van der Waals surface area contributed by atoms with Crippen LogP contribution in [-0.2, 0) is 15.9 Å². The number of aliphatic hydroxyl groups is 1. The number of methoxy groups -OCH3 is 1. The smallest absolute Gasteiger partial charge is 0.496 e. The quantitative estimate of drug-likeness (QED) is 0.856. The van der Waals surface area contributed by atoms with Gasteiger partial charge in [-0.15, -0.1) is 0 Å². The van der Waals surface area contributed by atoms with Crippen LogP contribution in [0, 0.1) is 5.82 Å². The Kier molecular flexibility index (Phi) is 3.84. The molecule has 0 unspecified atom stereocenters. The Morgan fingerprint density at radius 1 is 1.20 bits per heavy atom. The van der Waals surface area contributed by atoms with Crippen molar-refractivity contribution in [3.63, 3.8) is 0 Å². The fourth-order valence-electron chi connectivity index (χ4n) is 2.07. The molecule has 0 atom stereocenters. The Morgan fingerprint density at radius 3 is 2.20 bits per heavy atom. The Morgan fingerprint density at radius 2 is 1.75 bits per heavy atom. The first kappa shape index (κ1) is 15.3. The Bertz CT molecular complexity index is 500. The first-order valence-corrected chi connectivity index (χ1v) is 6.54. The van der Waals surface area contributed by atoms with Crippen LogP contribution in [0.25, 0.3) is 0 Å². The molecule has 0 radical (unpaired) electrons. The van der Waals surface area contributed by atoms with Crippen molar-refractivity contribution in [3.05, 3.63) is 23.5 Å². The molecule has 20 heavy (non-hydrogen) atoms. The van der Waals surface area contributed by atoms with Gasteiger partial charge < -0.3 is 19.2 Å². The summed E-state index contributed by atoms with van der Waals surface area (Å²) in [6.07, 6.45) is 0. The lowest BCUT2D eigenvalue weighted by atomic mass is 9.78. The van der Waals surface area contributed by atoms with E-state index in [9.17, 15) is 9.50 Å². The van der Waals surface area contributed by atoms with E-state index in [4.69, 9.17) is 14.0 Å². The van der Waals surface area contributed by atoms with E-state index in [2.05, 4.69) is 0 Å². The molecule has 1 fully saturated rings. The largest absolute Gasteiger partial charge is 0.497 e. The molecule has 6 heteroatoms. The molecule has 2 rings (SSSR count). The van der Waals surface area contributed by atoms with Crippen LogP contribution >= 0.6 is 0 Å². The van der Waals surface area contributed by atoms with Gasteiger partial charge in [-0.1, -0.05) is 0 Å². The van der Waals surface area contributed by atoms with E-state index in [1.165, 1.54) is 19.2 Å². The van der Waals surface area contributed by atoms with Crippen molar-refractivity contribution in [1.29, 1.82) is 0 Å². The molecule has 0 aromatic heterocycles. The van der Waals surface area contributed by atoms with E-state index in [0.29, 0.717) is 11.3 Å². The van der Waals surface area contributed by atoms with Gasteiger partial charge in [0.15, 0.2) is 0 Å². The highest BCUT2D eigenvalue weighted by Gasteiger charge is 2.52. The molecule has 0 saturated carbocycles. The number of rotatable bonds is 3. The molecular weight excluding hydrogens is 262 g/mol. The second kappa shape index (κ2) is 5.02. The molecule has 0 bridgehead atoms. The van der Waals surface area contributed by atoms with Gasteiger partial charge in [0.05, 0.1) is 24.9 Å². The summed E-state index contributed by atoms with van der Waals surface area (Å²) >= 11 is 0. The van der Waals surface area contributed by atoms with Crippen molar-refractivity contribution in [2.45, 2.75) is 45.5 Å². The maximum Gasteiger partial charge on any atom is 0.497 e. The highest BCUT2D eigenvalue weighted by Crippen LogP contribution is 2.37. The zero-order valence-electron chi connectivity index (χ0n) is 12.5. The SMILES string of the molecule is COc1cc(B2OC(C)(C)C(C)(C)O2)c(F)cc1CO. The third kappa shape index (κ3) is 2.43. The van der Waals surface area contributed by atoms with Crippen LogP contribution in [0.1, 0.15) is 33.3 Å². The second-order valence-corrected chi connectivity index (χ2v) is 5.93. The van der Waals surface area contributed by atoms with Crippen LogP contribution in [0.15, 0.2) is 12.1 Å². The predicted molar refractivity (Wildman–Crippen MR) is 74.6 cm³/mol.